The summed E-state index contributed by atoms with van der Waals surface area (Å²) in [6.07, 6.45) is 0. The van der Waals surface area contributed by atoms with Crippen molar-refractivity contribution in [1.29, 1.82) is 0 Å². The third-order valence-corrected chi connectivity index (χ3v) is 29.0. The molecule has 2 nitrogen and oxygen atoms in total. The quantitative estimate of drug-likeness (QED) is 0.112. The predicted molar refractivity (Wildman–Crippen MR) is 294 cm³/mol. The largest absolute Gasteiger partial charge is 0.308 e. The second-order valence-electron chi connectivity index (χ2n) is 17.3. The summed E-state index contributed by atoms with van der Waals surface area (Å²) >= 11 is 3.37. The van der Waals surface area contributed by atoms with Crippen molar-refractivity contribution >= 4 is 139 Å². The van der Waals surface area contributed by atoms with Crippen LogP contribution in [0.5, 0.6) is 0 Å². The molecule has 0 bridgehead atoms. The van der Waals surface area contributed by atoms with E-state index in [9.17, 15) is 0 Å². The Kier molecular flexibility index (Phi) is 9.52. The van der Waals surface area contributed by atoms with Gasteiger partial charge in [0.25, 0.3) is 0 Å². The van der Waals surface area contributed by atoms with Crippen LogP contribution < -0.4 is 51.2 Å². The van der Waals surface area contributed by atoms with E-state index in [4.69, 9.17) is 0 Å². The molecule has 0 amide bonds. The maximum absolute atomic E-state index is 17.3. The molecule has 0 N–H and O–H groups in total. The number of rotatable bonds is 8. The summed E-state index contributed by atoms with van der Waals surface area (Å²) in [5, 5.41) is 16.6. The van der Waals surface area contributed by atoms with Gasteiger partial charge in [0.15, 0.2) is 22.4 Å². The van der Waals surface area contributed by atoms with E-state index in [2.05, 4.69) is 243 Å². The molecule has 0 spiro atoms. The minimum atomic E-state index is -3.59. The third kappa shape index (κ3) is 5.93. The van der Waals surface area contributed by atoms with Crippen molar-refractivity contribution in [2.45, 2.75) is 0 Å². The molecular formula is C60H40O2P2S2Si. The highest BCUT2D eigenvalue weighted by Crippen LogP contribution is 2.53. The first-order valence-corrected chi connectivity index (χ1v) is 29.6. The predicted octanol–water partition coefficient (Wildman–Crippen LogP) is 11.1. The Bertz CT molecular complexity index is 3580. The number of fused-ring (bicyclic) bond motifs is 7. The van der Waals surface area contributed by atoms with Gasteiger partial charge in [0.2, 0.25) is 0 Å². The molecule has 0 saturated heterocycles. The lowest BCUT2D eigenvalue weighted by atomic mass is 10.1. The van der Waals surface area contributed by atoms with Crippen LogP contribution in [0, 0.1) is 0 Å². The molecule has 318 valence electrons. The highest BCUT2D eigenvalue weighted by molar-refractivity contribution is 7.91. The molecule has 0 atom stereocenters. The van der Waals surface area contributed by atoms with Crippen molar-refractivity contribution in [3.8, 4) is 9.75 Å². The summed E-state index contributed by atoms with van der Waals surface area (Å²) in [4.78, 5) is 2.26. The maximum Gasteiger partial charge on any atom is 0.182 e. The minimum absolute atomic E-state index is 0.845. The molecule has 13 rings (SSSR count). The second-order valence-corrected chi connectivity index (χ2v) is 29.1. The molecule has 1 aliphatic heterocycles. The van der Waals surface area contributed by atoms with Gasteiger partial charge in [-0.2, -0.15) is 0 Å². The van der Waals surface area contributed by atoms with Crippen molar-refractivity contribution in [2.75, 3.05) is 0 Å². The molecule has 2 aromatic heterocycles. The Morgan fingerprint density at radius 1 is 0.299 bits per heavy atom. The smallest absolute Gasteiger partial charge is 0.182 e. The lowest BCUT2D eigenvalue weighted by Crippen LogP contribution is -2.72. The van der Waals surface area contributed by atoms with Crippen molar-refractivity contribution in [3.05, 3.63) is 243 Å². The highest BCUT2D eigenvalue weighted by Gasteiger charge is 2.53. The van der Waals surface area contributed by atoms with E-state index in [1.54, 1.807) is 22.7 Å². The van der Waals surface area contributed by atoms with Gasteiger partial charge in [0.05, 0.1) is 9.24 Å². The van der Waals surface area contributed by atoms with Crippen LogP contribution in [0.3, 0.4) is 0 Å². The first kappa shape index (κ1) is 40.6. The molecule has 0 unspecified atom stereocenters. The Hall–Kier alpha value is -6.68. The van der Waals surface area contributed by atoms with Crippen LogP contribution in [0.25, 0.3) is 52.8 Å². The first-order chi connectivity index (χ1) is 33.0. The van der Waals surface area contributed by atoms with E-state index < -0.39 is 22.4 Å². The van der Waals surface area contributed by atoms with Crippen molar-refractivity contribution < 1.29 is 9.13 Å². The van der Waals surface area contributed by atoms with Crippen LogP contribution in [-0.4, -0.2) is 8.07 Å². The van der Waals surface area contributed by atoms with Gasteiger partial charge in [-0.25, -0.2) is 0 Å². The zero-order chi connectivity index (χ0) is 44.7. The molecule has 12 aromatic rings. The lowest BCUT2D eigenvalue weighted by molar-refractivity contribution is 0.592. The summed E-state index contributed by atoms with van der Waals surface area (Å²) in [5.41, 5.74) is 0. The van der Waals surface area contributed by atoms with Crippen LogP contribution in [0.2, 0.25) is 0 Å². The SMILES string of the molecule is O=P(c1cc2c(s1)-c1sc(P(=O)(c3cccc4ccccc34)c3cccc4ccccc34)cc1[Si]2(c1ccccc1)c1ccccc1)(c1cccc2ccccc12)c1cccc2ccccc12. The van der Waals surface area contributed by atoms with Gasteiger partial charge in [0.1, 0.15) is 0 Å². The standard InChI is InChI=1S/C60H40O2P2S2Si/c61-63(51-35-15-23-41-19-7-11-31-47(41)51,52-36-16-24-42-20-8-12-32-48(42)52)57-39-55-59(65-57)60-56(67(55,45-27-3-1-4-28-45)46-29-5-2-6-30-46)40-58(66-60)64(62,53-37-17-25-43-21-9-13-33-49(43)53)54-38-18-26-44-22-10-14-34-50(44)54/h1-40H. The normalized spacial score (nSPS) is 13.3. The van der Waals surface area contributed by atoms with Gasteiger partial charge >= 0.3 is 0 Å². The zero-order valence-electron chi connectivity index (χ0n) is 36.1. The van der Waals surface area contributed by atoms with E-state index in [0.29, 0.717) is 0 Å². The van der Waals surface area contributed by atoms with E-state index >= 15 is 9.13 Å². The molecule has 10 aromatic carbocycles. The molecule has 67 heavy (non-hydrogen) atoms. The molecule has 0 aliphatic carbocycles. The van der Waals surface area contributed by atoms with E-state index in [1.807, 2.05) is 0 Å². The molecule has 7 heteroatoms. The number of benzene rings is 10. The molecular weight excluding hydrogens is 907 g/mol. The van der Waals surface area contributed by atoms with Crippen molar-refractivity contribution in [1.82, 2.24) is 0 Å². The third-order valence-electron chi connectivity index (χ3n) is 13.9. The molecule has 0 radical (unpaired) electrons. The van der Waals surface area contributed by atoms with E-state index in [0.717, 1.165) is 83.3 Å². The van der Waals surface area contributed by atoms with E-state index in [-0.39, 0.29) is 0 Å². The van der Waals surface area contributed by atoms with Gasteiger partial charge in [-0.1, -0.05) is 231 Å². The topological polar surface area (TPSA) is 34.1 Å². The number of hydrogen-bond donors (Lipinski definition) is 0. The number of hydrogen-bond acceptors (Lipinski definition) is 4. The fraction of sp³-hybridized carbons (Fsp3) is 0. The molecule has 3 heterocycles. The van der Waals surface area contributed by atoms with Crippen LogP contribution in [0.15, 0.2) is 243 Å². The lowest BCUT2D eigenvalue weighted by Gasteiger charge is -2.30. The van der Waals surface area contributed by atoms with Gasteiger partial charge in [-0.05, 0) is 76.0 Å². The average Bonchev–Trinajstić information content (AvgIpc) is 4.11. The Labute approximate surface area is 398 Å². The van der Waals surface area contributed by atoms with Gasteiger partial charge in [-0.3, -0.25) is 0 Å². The van der Waals surface area contributed by atoms with E-state index in [1.165, 1.54) is 20.7 Å². The maximum atomic E-state index is 17.3. The van der Waals surface area contributed by atoms with Gasteiger partial charge in [0, 0.05) is 31.0 Å². The van der Waals surface area contributed by atoms with Crippen molar-refractivity contribution in [2.24, 2.45) is 0 Å². The fourth-order valence-electron chi connectivity index (χ4n) is 10.9. The first-order valence-electron chi connectivity index (χ1n) is 22.5. The average molecular weight is 947 g/mol. The summed E-state index contributed by atoms with van der Waals surface area (Å²) < 4.78 is 36.4. The molecule has 0 fully saturated rings. The highest BCUT2D eigenvalue weighted by atomic mass is 32.1. The summed E-state index contributed by atoms with van der Waals surface area (Å²) in [7, 11) is -10.4. The fourth-order valence-corrected chi connectivity index (χ4v) is 27.7. The Morgan fingerprint density at radius 2 is 0.567 bits per heavy atom. The van der Waals surface area contributed by atoms with Crippen LogP contribution in [0.4, 0.5) is 0 Å². The summed E-state index contributed by atoms with van der Waals surface area (Å²) in [6, 6.07) is 85.1. The monoisotopic (exact) mass is 946 g/mol. The number of thiophene rings is 2. The van der Waals surface area contributed by atoms with Gasteiger partial charge < -0.3 is 9.13 Å². The summed E-state index contributed by atoms with van der Waals surface area (Å²) in [6.45, 7) is 0. The van der Waals surface area contributed by atoms with Crippen LogP contribution >= 0.6 is 37.0 Å². The summed E-state index contributed by atoms with van der Waals surface area (Å²) in [5.74, 6) is 0. The van der Waals surface area contributed by atoms with Crippen LogP contribution in [0.1, 0.15) is 0 Å². The molecule has 1 aliphatic rings. The minimum Gasteiger partial charge on any atom is -0.308 e. The molecule has 0 saturated carbocycles. The van der Waals surface area contributed by atoms with Gasteiger partial charge in [-0.15, -0.1) is 22.7 Å². The second kappa shape index (κ2) is 15.7. The zero-order valence-corrected chi connectivity index (χ0v) is 40.5. The Balaban J connectivity index is 1.16. The Morgan fingerprint density at radius 3 is 0.881 bits per heavy atom. The van der Waals surface area contributed by atoms with Crippen molar-refractivity contribution in [3.63, 3.8) is 0 Å². The van der Waals surface area contributed by atoms with Crippen LogP contribution in [-0.2, 0) is 9.13 Å².